The molecule has 5 rings (SSSR count). The fourth-order valence-corrected chi connectivity index (χ4v) is 4.13. The summed E-state index contributed by atoms with van der Waals surface area (Å²) in [5, 5.41) is 0. The third kappa shape index (κ3) is 1.82. The van der Waals surface area contributed by atoms with Gasteiger partial charge in [0.05, 0.1) is 22.1 Å². The number of para-hydroxylation sites is 1. The standard InChI is InChI=1S/C17H12N4OS/c22-16(20-8-6-11-5-7-18-9-14(11)20)12-10-21-13-3-1-2-4-15(13)23-17(21)19-12/h1-5,7,9-10H,6,8H2. The van der Waals surface area contributed by atoms with Crippen LogP contribution in [0.3, 0.4) is 0 Å². The summed E-state index contributed by atoms with van der Waals surface area (Å²) in [5.41, 5.74) is 3.64. The van der Waals surface area contributed by atoms with Crippen LogP contribution in [0.5, 0.6) is 0 Å². The lowest BCUT2D eigenvalue weighted by Crippen LogP contribution is -2.29. The van der Waals surface area contributed by atoms with Crippen LogP contribution in [-0.4, -0.2) is 26.8 Å². The van der Waals surface area contributed by atoms with Crippen molar-refractivity contribution in [1.29, 1.82) is 0 Å². The molecular formula is C17H12N4OS. The van der Waals surface area contributed by atoms with Crippen LogP contribution in [-0.2, 0) is 6.42 Å². The van der Waals surface area contributed by atoms with E-state index in [-0.39, 0.29) is 5.91 Å². The average Bonchev–Trinajstić information content (AvgIpc) is 3.26. The van der Waals surface area contributed by atoms with Crippen molar-refractivity contribution in [2.75, 3.05) is 11.4 Å². The van der Waals surface area contributed by atoms with Gasteiger partial charge >= 0.3 is 0 Å². The molecule has 0 atom stereocenters. The molecule has 6 heteroatoms. The van der Waals surface area contributed by atoms with E-state index in [0.717, 1.165) is 22.6 Å². The van der Waals surface area contributed by atoms with Gasteiger partial charge in [-0.1, -0.05) is 23.5 Å². The van der Waals surface area contributed by atoms with E-state index in [2.05, 4.69) is 16.0 Å². The summed E-state index contributed by atoms with van der Waals surface area (Å²) in [5.74, 6) is -0.0586. The van der Waals surface area contributed by atoms with Crippen molar-refractivity contribution in [1.82, 2.24) is 14.4 Å². The van der Waals surface area contributed by atoms with E-state index in [1.807, 2.05) is 34.9 Å². The summed E-state index contributed by atoms with van der Waals surface area (Å²) < 4.78 is 3.16. The van der Waals surface area contributed by atoms with Crippen molar-refractivity contribution in [2.45, 2.75) is 6.42 Å². The van der Waals surface area contributed by atoms with Crippen LogP contribution in [0.4, 0.5) is 5.69 Å². The molecule has 0 fully saturated rings. The number of imidazole rings is 1. The highest BCUT2D eigenvalue weighted by Crippen LogP contribution is 2.30. The van der Waals surface area contributed by atoms with E-state index in [9.17, 15) is 4.79 Å². The van der Waals surface area contributed by atoms with Gasteiger partial charge in [0.15, 0.2) is 4.96 Å². The first kappa shape index (κ1) is 12.8. The van der Waals surface area contributed by atoms with E-state index in [1.165, 1.54) is 10.3 Å². The molecule has 112 valence electrons. The molecule has 1 amide bonds. The Morgan fingerprint density at radius 1 is 1.22 bits per heavy atom. The Kier molecular flexibility index (Phi) is 2.57. The van der Waals surface area contributed by atoms with Gasteiger partial charge in [0.25, 0.3) is 5.91 Å². The van der Waals surface area contributed by atoms with E-state index in [4.69, 9.17) is 0 Å². The molecular weight excluding hydrogens is 308 g/mol. The van der Waals surface area contributed by atoms with E-state index < -0.39 is 0 Å². The van der Waals surface area contributed by atoms with Crippen LogP contribution in [0.1, 0.15) is 16.1 Å². The molecule has 0 bridgehead atoms. The minimum Gasteiger partial charge on any atom is -0.305 e. The first-order valence-electron chi connectivity index (χ1n) is 7.43. The van der Waals surface area contributed by atoms with Crippen LogP contribution >= 0.6 is 11.3 Å². The Labute approximate surface area is 135 Å². The summed E-state index contributed by atoms with van der Waals surface area (Å²) in [4.78, 5) is 24.1. The number of benzene rings is 1. The highest BCUT2D eigenvalue weighted by atomic mass is 32.1. The van der Waals surface area contributed by atoms with Crippen LogP contribution in [0.25, 0.3) is 15.2 Å². The van der Waals surface area contributed by atoms with E-state index in [1.54, 1.807) is 28.6 Å². The van der Waals surface area contributed by atoms with Gasteiger partial charge in [-0.15, -0.1) is 0 Å². The highest BCUT2D eigenvalue weighted by Gasteiger charge is 2.27. The summed E-state index contributed by atoms with van der Waals surface area (Å²) in [6, 6.07) is 10.1. The molecule has 0 aliphatic carbocycles. The maximum Gasteiger partial charge on any atom is 0.278 e. The largest absolute Gasteiger partial charge is 0.305 e. The average molecular weight is 320 g/mol. The highest BCUT2D eigenvalue weighted by molar-refractivity contribution is 7.23. The molecule has 23 heavy (non-hydrogen) atoms. The zero-order valence-electron chi connectivity index (χ0n) is 12.1. The molecule has 3 aromatic heterocycles. The predicted molar refractivity (Wildman–Crippen MR) is 90.2 cm³/mol. The number of carbonyl (C=O) groups is 1. The Bertz CT molecular complexity index is 1060. The van der Waals surface area contributed by atoms with Crippen LogP contribution < -0.4 is 4.90 Å². The minimum atomic E-state index is -0.0586. The number of nitrogens with zero attached hydrogens (tertiary/aromatic N) is 4. The summed E-state index contributed by atoms with van der Waals surface area (Å²) in [6.07, 6.45) is 6.24. The SMILES string of the molecule is O=C(c1cn2c(n1)sc1ccccc12)N1CCc2ccncc21. The number of anilines is 1. The maximum atomic E-state index is 12.8. The Morgan fingerprint density at radius 2 is 2.13 bits per heavy atom. The van der Waals surface area contributed by atoms with E-state index >= 15 is 0 Å². The molecule has 4 heterocycles. The molecule has 0 unspecified atom stereocenters. The van der Waals surface area contributed by atoms with Crippen LogP contribution in [0.15, 0.2) is 48.9 Å². The Hall–Kier alpha value is -2.73. The fraction of sp³-hybridized carbons (Fsp3) is 0.118. The fourth-order valence-electron chi connectivity index (χ4n) is 3.12. The maximum absolute atomic E-state index is 12.8. The van der Waals surface area contributed by atoms with Gasteiger partial charge in [0, 0.05) is 18.9 Å². The second-order valence-electron chi connectivity index (χ2n) is 5.56. The number of thiazole rings is 1. The number of carbonyl (C=O) groups excluding carboxylic acids is 1. The van der Waals surface area contributed by atoms with Crippen molar-refractivity contribution >= 4 is 38.1 Å². The monoisotopic (exact) mass is 320 g/mol. The number of hydrogen-bond acceptors (Lipinski definition) is 4. The first-order valence-corrected chi connectivity index (χ1v) is 8.24. The Balaban J connectivity index is 1.59. The van der Waals surface area contributed by atoms with Gasteiger partial charge in [-0.25, -0.2) is 4.98 Å². The molecule has 1 aliphatic rings. The molecule has 1 aliphatic heterocycles. The normalized spacial score (nSPS) is 13.8. The van der Waals surface area contributed by atoms with Crippen molar-refractivity contribution in [3.8, 4) is 0 Å². The van der Waals surface area contributed by atoms with E-state index in [0.29, 0.717) is 12.2 Å². The number of rotatable bonds is 1. The first-order chi connectivity index (χ1) is 11.3. The summed E-state index contributed by atoms with van der Waals surface area (Å²) >= 11 is 1.60. The third-order valence-electron chi connectivity index (χ3n) is 4.25. The van der Waals surface area contributed by atoms with Gasteiger partial charge in [-0.3, -0.25) is 14.2 Å². The predicted octanol–water partition coefficient (Wildman–Crippen LogP) is 3.15. The molecule has 0 saturated heterocycles. The molecule has 0 N–H and O–H groups in total. The van der Waals surface area contributed by atoms with Crippen molar-refractivity contribution in [2.24, 2.45) is 0 Å². The number of fused-ring (bicyclic) bond motifs is 4. The van der Waals surface area contributed by atoms with Gasteiger partial charge < -0.3 is 4.90 Å². The number of amides is 1. The van der Waals surface area contributed by atoms with Gasteiger partial charge in [0.2, 0.25) is 0 Å². The van der Waals surface area contributed by atoms with Gasteiger partial charge in [-0.2, -0.15) is 0 Å². The second-order valence-corrected chi connectivity index (χ2v) is 6.57. The molecule has 0 radical (unpaired) electrons. The topological polar surface area (TPSA) is 50.5 Å². The lowest BCUT2D eigenvalue weighted by molar-refractivity contribution is 0.0985. The quantitative estimate of drug-likeness (QED) is 0.541. The summed E-state index contributed by atoms with van der Waals surface area (Å²) in [7, 11) is 0. The molecule has 0 saturated carbocycles. The smallest absolute Gasteiger partial charge is 0.278 e. The summed E-state index contributed by atoms with van der Waals surface area (Å²) in [6.45, 7) is 0.686. The lowest BCUT2D eigenvalue weighted by Gasteiger charge is -2.15. The third-order valence-corrected chi connectivity index (χ3v) is 5.28. The minimum absolute atomic E-state index is 0.0586. The van der Waals surface area contributed by atoms with Crippen molar-refractivity contribution in [3.05, 3.63) is 60.2 Å². The number of hydrogen-bond donors (Lipinski definition) is 0. The van der Waals surface area contributed by atoms with Crippen molar-refractivity contribution < 1.29 is 4.79 Å². The lowest BCUT2D eigenvalue weighted by atomic mass is 10.2. The molecule has 1 aromatic carbocycles. The van der Waals surface area contributed by atoms with Crippen LogP contribution in [0.2, 0.25) is 0 Å². The Morgan fingerprint density at radius 3 is 3.09 bits per heavy atom. The second kappa shape index (κ2) is 4.63. The zero-order chi connectivity index (χ0) is 15.4. The molecule has 4 aromatic rings. The number of aromatic nitrogens is 3. The zero-order valence-corrected chi connectivity index (χ0v) is 13.0. The van der Waals surface area contributed by atoms with Crippen LogP contribution in [0, 0.1) is 0 Å². The molecule has 5 nitrogen and oxygen atoms in total. The number of pyridine rings is 1. The van der Waals surface area contributed by atoms with Gasteiger partial charge in [-0.05, 0) is 30.2 Å². The van der Waals surface area contributed by atoms with Crippen molar-refractivity contribution in [3.63, 3.8) is 0 Å². The van der Waals surface area contributed by atoms with Gasteiger partial charge in [0.1, 0.15) is 5.69 Å². The molecule has 0 spiro atoms.